The molecule has 2 atom stereocenters. The Hall–Kier alpha value is -1.06. The van der Waals surface area contributed by atoms with Crippen LogP contribution in [0.15, 0.2) is 24.3 Å². The molecule has 114 valence electrons. The van der Waals surface area contributed by atoms with E-state index in [0.29, 0.717) is 17.8 Å². The number of aromatic hydroxyl groups is 1. The fourth-order valence-corrected chi connectivity index (χ4v) is 2.78. The summed E-state index contributed by atoms with van der Waals surface area (Å²) < 4.78 is 0. The zero-order valence-electron chi connectivity index (χ0n) is 13.6. The average Bonchev–Trinajstić information content (AvgIpc) is 2.43. The molecule has 0 amide bonds. The van der Waals surface area contributed by atoms with Gasteiger partial charge in [-0.2, -0.15) is 0 Å². The highest BCUT2D eigenvalue weighted by Gasteiger charge is 2.21. The van der Waals surface area contributed by atoms with Gasteiger partial charge in [-0.1, -0.05) is 38.8 Å². The van der Waals surface area contributed by atoms with Crippen LogP contribution in [-0.4, -0.2) is 36.7 Å². The molecule has 0 saturated heterocycles. The average molecular weight is 278 g/mol. The maximum absolute atomic E-state index is 9.34. The molecule has 0 heterocycles. The summed E-state index contributed by atoms with van der Waals surface area (Å²) in [6.45, 7) is 7.70. The second-order valence-electron chi connectivity index (χ2n) is 5.83. The monoisotopic (exact) mass is 278 g/mol. The number of likely N-dealkylation sites (N-methyl/N-ethyl adjacent to an activating group) is 1. The van der Waals surface area contributed by atoms with Crippen molar-refractivity contribution in [3.05, 3.63) is 29.8 Å². The molecule has 1 aromatic rings. The van der Waals surface area contributed by atoms with Gasteiger partial charge in [-0.05, 0) is 44.6 Å². The first-order valence-electron chi connectivity index (χ1n) is 7.68. The summed E-state index contributed by atoms with van der Waals surface area (Å²) in [5, 5.41) is 13.0. The minimum absolute atomic E-state index is 0.299. The molecule has 0 aliphatic heterocycles. The number of hydrogen-bond donors (Lipinski definition) is 2. The Labute approximate surface area is 124 Å². The topological polar surface area (TPSA) is 35.5 Å². The van der Waals surface area contributed by atoms with Gasteiger partial charge in [0, 0.05) is 18.6 Å². The van der Waals surface area contributed by atoms with Gasteiger partial charge in [-0.25, -0.2) is 0 Å². The van der Waals surface area contributed by atoms with Gasteiger partial charge in [0.25, 0.3) is 0 Å². The van der Waals surface area contributed by atoms with Crippen molar-refractivity contribution < 1.29 is 5.11 Å². The zero-order chi connectivity index (χ0) is 15.1. The highest BCUT2D eigenvalue weighted by Crippen LogP contribution is 2.19. The summed E-state index contributed by atoms with van der Waals surface area (Å²) in [5.41, 5.74) is 1.21. The summed E-state index contributed by atoms with van der Waals surface area (Å²) in [5.74, 6) is 1.05. The van der Waals surface area contributed by atoms with Crippen molar-refractivity contribution in [1.29, 1.82) is 0 Å². The van der Waals surface area contributed by atoms with E-state index < -0.39 is 0 Å². The Kier molecular flexibility index (Phi) is 7.03. The van der Waals surface area contributed by atoms with Crippen molar-refractivity contribution in [2.45, 2.75) is 45.7 Å². The predicted molar refractivity (Wildman–Crippen MR) is 86.1 cm³/mol. The molecule has 0 radical (unpaired) electrons. The van der Waals surface area contributed by atoms with Gasteiger partial charge in [0.15, 0.2) is 0 Å². The van der Waals surface area contributed by atoms with Crippen LogP contribution in [0.1, 0.15) is 45.2 Å². The molecule has 3 heteroatoms. The molecule has 0 bridgehead atoms. The number of phenols is 1. The van der Waals surface area contributed by atoms with Gasteiger partial charge in [0.1, 0.15) is 5.75 Å². The van der Waals surface area contributed by atoms with E-state index in [1.54, 1.807) is 12.1 Å². The predicted octanol–water partition coefficient (Wildman–Crippen LogP) is 3.41. The van der Waals surface area contributed by atoms with Crippen LogP contribution in [0, 0.1) is 5.92 Å². The highest BCUT2D eigenvalue weighted by atomic mass is 16.3. The molecule has 3 nitrogen and oxygen atoms in total. The van der Waals surface area contributed by atoms with Gasteiger partial charge in [-0.15, -0.1) is 0 Å². The quantitative estimate of drug-likeness (QED) is 0.765. The number of rotatable bonds is 8. The summed E-state index contributed by atoms with van der Waals surface area (Å²) in [7, 11) is 4.33. The van der Waals surface area contributed by atoms with E-state index in [0.717, 1.165) is 12.5 Å². The normalized spacial score (nSPS) is 14.8. The Morgan fingerprint density at radius 3 is 2.10 bits per heavy atom. The van der Waals surface area contributed by atoms with Crippen LogP contribution in [0.2, 0.25) is 0 Å². The van der Waals surface area contributed by atoms with Crippen molar-refractivity contribution in [3.8, 4) is 5.75 Å². The zero-order valence-corrected chi connectivity index (χ0v) is 13.6. The number of hydrogen-bond acceptors (Lipinski definition) is 3. The molecule has 0 spiro atoms. The van der Waals surface area contributed by atoms with Gasteiger partial charge in [-0.3, -0.25) is 0 Å². The van der Waals surface area contributed by atoms with Crippen molar-refractivity contribution in [2.24, 2.45) is 5.92 Å². The minimum atomic E-state index is 0.299. The van der Waals surface area contributed by atoms with Crippen molar-refractivity contribution in [1.82, 2.24) is 10.2 Å². The second kappa shape index (κ2) is 8.28. The van der Waals surface area contributed by atoms with Crippen LogP contribution in [0.5, 0.6) is 5.75 Å². The van der Waals surface area contributed by atoms with Gasteiger partial charge < -0.3 is 15.3 Å². The smallest absolute Gasteiger partial charge is 0.115 e. The fourth-order valence-electron chi connectivity index (χ4n) is 2.78. The first kappa shape index (κ1) is 17.0. The van der Waals surface area contributed by atoms with Gasteiger partial charge in [0.2, 0.25) is 0 Å². The molecule has 0 aromatic heterocycles. The van der Waals surface area contributed by atoms with Crippen LogP contribution in [-0.2, 0) is 0 Å². The van der Waals surface area contributed by atoms with E-state index in [9.17, 15) is 5.11 Å². The molecule has 1 aromatic carbocycles. The van der Waals surface area contributed by atoms with Crippen LogP contribution < -0.4 is 5.32 Å². The van der Waals surface area contributed by atoms with Crippen LogP contribution in [0.25, 0.3) is 0 Å². The lowest BCUT2D eigenvalue weighted by atomic mass is 9.93. The van der Waals surface area contributed by atoms with Gasteiger partial charge in [0.05, 0.1) is 0 Å². The van der Waals surface area contributed by atoms with E-state index in [1.807, 2.05) is 12.1 Å². The lowest BCUT2D eigenvalue weighted by Gasteiger charge is -2.32. The van der Waals surface area contributed by atoms with E-state index in [1.165, 1.54) is 18.4 Å². The molecule has 0 fully saturated rings. The third-order valence-corrected chi connectivity index (χ3v) is 4.28. The third-order valence-electron chi connectivity index (χ3n) is 4.28. The number of nitrogens with zero attached hydrogens (tertiary/aromatic N) is 1. The summed E-state index contributed by atoms with van der Waals surface area (Å²) in [4.78, 5) is 2.33. The van der Waals surface area contributed by atoms with Crippen molar-refractivity contribution in [3.63, 3.8) is 0 Å². The van der Waals surface area contributed by atoms with Crippen LogP contribution in [0.4, 0.5) is 0 Å². The Morgan fingerprint density at radius 2 is 1.65 bits per heavy atom. The standard InChI is InChI=1S/C17H30N2O/c1-6-14(7-2)17(19(4)5)12-18-13(3)15-8-10-16(20)11-9-15/h8-11,13-14,17-18,20H,6-7,12H2,1-5H3. The lowest BCUT2D eigenvalue weighted by Crippen LogP contribution is -2.43. The molecule has 1 rings (SSSR count). The molecule has 20 heavy (non-hydrogen) atoms. The lowest BCUT2D eigenvalue weighted by molar-refractivity contribution is 0.190. The van der Waals surface area contributed by atoms with Crippen molar-refractivity contribution >= 4 is 0 Å². The summed E-state index contributed by atoms with van der Waals surface area (Å²) in [6, 6.07) is 8.32. The van der Waals surface area contributed by atoms with Crippen molar-refractivity contribution in [2.75, 3.05) is 20.6 Å². The van der Waals surface area contributed by atoms with E-state index in [-0.39, 0.29) is 0 Å². The number of benzene rings is 1. The number of nitrogens with one attached hydrogen (secondary N) is 1. The highest BCUT2D eigenvalue weighted by molar-refractivity contribution is 5.27. The molecule has 0 aliphatic carbocycles. The maximum atomic E-state index is 9.34. The Bertz CT molecular complexity index is 371. The van der Waals surface area contributed by atoms with E-state index >= 15 is 0 Å². The fraction of sp³-hybridized carbons (Fsp3) is 0.647. The molecular weight excluding hydrogens is 248 g/mol. The first-order valence-corrected chi connectivity index (χ1v) is 7.68. The first-order chi connectivity index (χ1) is 9.49. The maximum Gasteiger partial charge on any atom is 0.115 e. The largest absolute Gasteiger partial charge is 0.508 e. The number of phenolic OH excluding ortho intramolecular Hbond substituents is 1. The molecule has 0 saturated carbocycles. The van der Waals surface area contributed by atoms with E-state index in [2.05, 4.69) is 45.1 Å². The molecule has 2 unspecified atom stereocenters. The molecule has 2 N–H and O–H groups in total. The summed E-state index contributed by atoms with van der Waals surface area (Å²) >= 11 is 0. The van der Waals surface area contributed by atoms with E-state index in [4.69, 9.17) is 0 Å². The molecular formula is C17H30N2O. The Morgan fingerprint density at radius 1 is 1.10 bits per heavy atom. The Balaban J connectivity index is 2.60. The third kappa shape index (κ3) is 4.80. The second-order valence-corrected chi connectivity index (χ2v) is 5.83. The minimum Gasteiger partial charge on any atom is -0.508 e. The van der Waals surface area contributed by atoms with Gasteiger partial charge >= 0.3 is 0 Å². The molecule has 0 aliphatic rings. The SMILES string of the molecule is CCC(CC)C(CNC(C)c1ccc(O)cc1)N(C)C. The van der Waals surface area contributed by atoms with Crippen LogP contribution in [0.3, 0.4) is 0 Å². The summed E-state index contributed by atoms with van der Waals surface area (Å²) in [6.07, 6.45) is 2.43. The van der Waals surface area contributed by atoms with Crippen LogP contribution >= 0.6 is 0 Å².